The smallest absolute Gasteiger partial charge is 0.338 e. The van der Waals surface area contributed by atoms with Gasteiger partial charge in [-0.05, 0) is 50.3 Å². The van der Waals surface area contributed by atoms with Crippen LogP contribution in [-0.2, 0) is 11.2 Å². The number of nitrogen functional groups attached to an aromatic ring is 2. The summed E-state index contributed by atoms with van der Waals surface area (Å²) < 4.78 is 10.5. The van der Waals surface area contributed by atoms with E-state index in [-0.39, 0.29) is 17.7 Å². The van der Waals surface area contributed by atoms with Crippen molar-refractivity contribution in [1.82, 2.24) is 9.97 Å². The zero-order valence-corrected chi connectivity index (χ0v) is 14.4. The van der Waals surface area contributed by atoms with E-state index >= 15 is 0 Å². The highest BCUT2D eigenvalue weighted by molar-refractivity contribution is 5.89. The van der Waals surface area contributed by atoms with Gasteiger partial charge in [0.25, 0.3) is 0 Å². The van der Waals surface area contributed by atoms with E-state index in [1.165, 1.54) is 11.8 Å². The molecule has 0 aliphatic heterocycles. The van der Waals surface area contributed by atoms with Crippen molar-refractivity contribution in [2.75, 3.05) is 24.7 Å². The summed E-state index contributed by atoms with van der Waals surface area (Å²) in [4.78, 5) is 19.3. The van der Waals surface area contributed by atoms with E-state index in [0.29, 0.717) is 24.5 Å². The van der Waals surface area contributed by atoms with Crippen molar-refractivity contribution in [2.24, 2.45) is 0 Å². The summed E-state index contributed by atoms with van der Waals surface area (Å²) in [6.45, 7) is 2.74. The third kappa shape index (κ3) is 5.95. The predicted molar refractivity (Wildman–Crippen MR) is 96.3 cm³/mol. The molecule has 2 aromatic rings. The SMILES string of the molecule is CCOC(=O)c1ccc(CCCCCOc2cnc(N)nc2N)cc1. The Labute approximate surface area is 147 Å². The van der Waals surface area contributed by atoms with Crippen molar-refractivity contribution >= 4 is 17.7 Å². The van der Waals surface area contributed by atoms with Crippen molar-refractivity contribution < 1.29 is 14.3 Å². The molecular weight excluding hydrogens is 320 g/mol. The molecule has 0 aliphatic carbocycles. The number of esters is 1. The van der Waals surface area contributed by atoms with Crippen LogP contribution in [0.4, 0.5) is 11.8 Å². The van der Waals surface area contributed by atoms with Crippen LogP contribution < -0.4 is 16.2 Å². The molecule has 134 valence electrons. The maximum Gasteiger partial charge on any atom is 0.338 e. The van der Waals surface area contributed by atoms with E-state index in [0.717, 1.165) is 25.7 Å². The number of aryl methyl sites for hydroxylation is 1. The number of hydrogen-bond acceptors (Lipinski definition) is 7. The molecule has 25 heavy (non-hydrogen) atoms. The Bertz CT molecular complexity index is 689. The van der Waals surface area contributed by atoms with Gasteiger partial charge in [-0.25, -0.2) is 9.78 Å². The third-order valence-electron chi connectivity index (χ3n) is 3.63. The summed E-state index contributed by atoms with van der Waals surface area (Å²) in [5, 5.41) is 0. The lowest BCUT2D eigenvalue weighted by atomic mass is 10.1. The number of hydrogen-bond donors (Lipinski definition) is 2. The number of carbonyl (C=O) groups is 1. The number of unbranched alkanes of at least 4 members (excludes halogenated alkanes) is 2. The van der Waals surface area contributed by atoms with E-state index in [2.05, 4.69) is 9.97 Å². The minimum absolute atomic E-state index is 0.138. The molecule has 0 fully saturated rings. The minimum atomic E-state index is -0.280. The van der Waals surface area contributed by atoms with Crippen LogP contribution in [0, 0.1) is 0 Å². The van der Waals surface area contributed by atoms with Gasteiger partial charge in [-0.2, -0.15) is 4.98 Å². The van der Waals surface area contributed by atoms with Gasteiger partial charge in [-0.3, -0.25) is 0 Å². The lowest BCUT2D eigenvalue weighted by molar-refractivity contribution is 0.0526. The first-order chi connectivity index (χ1) is 12.1. The first-order valence-electron chi connectivity index (χ1n) is 8.37. The molecule has 0 amide bonds. The average molecular weight is 344 g/mol. The molecule has 0 atom stereocenters. The number of anilines is 2. The molecular formula is C18H24N4O3. The first kappa shape index (κ1) is 18.5. The van der Waals surface area contributed by atoms with Gasteiger partial charge in [0.2, 0.25) is 5.95 Å². The summed E-state index contributed by atoms with van der Waals surface area (Å²) in [5.41, 5.74) is 12.9. The second-order valence-electron chi connectivity index (χ2n) is 5.55. The number of rotatable bonds is 9. The average Bonchev–Trinajstić information content (AvgIpc) is 2.60. The maximum atomic E-state index is 11.6. The fraction of sp³-hybridized carbons (Fsp3) is 0.389. The Morgan fingerprint density at radius 3 is 2.56 bits per heavy atom. The van der Waals surface area contributed by atoms with Crippen molar-refractivity contribution in [1.29, 1.82) is 0 Å². The number of aromatic nitrogens is 2. The predicted octanol–water partition coefficient (Wildman–Crippen LogP) is 2.61. The molecule has 7 heteroatoms. The van der Waals surface area contributed by atoms with Gasteiger partial charge in [0.15, 0.2) is 11.6 Å². The molecule has 1 aromatic heterocycles. The molecule has 7 nitrogen and oxygen atoms in total. The Balaban J connectivity index is 1.65. The quantitative estimate of drug-likeness (QED) is 0.531. The van der Waals surface area contributed by atoms with E-state index in [1.54, 1.807) is 19.1 Å². The Kier molecular flexibility index (Phi) is 7.00. The zero-order valence-electron chi connectivity index (χ0n) is 14.4. The maximum absolute atomic E-state index is 11.6. The van der Waals surface area contributed by atoms with Crippen LogP contribution in [0.5, 0.6) is 5.75 Å². The van der Waals surface area contributed by atoms with Crippen LogP contribution in [0.2, 0.25) is 0 Å². The first-order valence-corrected chi connectivity index (χ1v) is 8.37. The largest absolute Gasteiger partial charge is 0.488 e. The highest BCUT2D eigenvalue weighted by atomic mass is 16.5. The molecule has 0 unspecified atom stereocenters. The Hall–Kier alpha value is -2.83. The van der Waals surface area contributed by atoms with E-state index in [9.17, 15) is 4.79 Å². The van der Waals surface area contributed by atoms with Crippen LogP contribution in [0.3, 0.4) is 0 Å². The standard InChI is InChI=1S/C18H24N4O3/c1-2-24-17(23)14-9-7-13(8-10-14)6-4-3-5-11-25-15-12-21-18(20)22-16(15)19/h7-10,12H,2-6,11H2,1H3,(H4,19,20,21,22). The van der Waals surface area contributed by atoms with Gasteiger partial charge in [0.05, 0.1) is 25.0 Å². The monoisotopic (exact) mass is 344 g/mol. The van der Waals surface area contributed by atoms with Crippen molar-refractivity contribution in [3.05, 3.63) is 41.6 Å². The summed E-state index contributed by atoms with van der Waals surface area (Å²) in [7, 11) is 0. The lowest BCUT2D eigenvalue weighted by Gasteiger charge is -2.08. The molecule has 0 radical (unpaired) electrons. The van der Waals surface area contributed by atoms with Crippen LogP contribution in [0.25, 0.3) is 0 Å². The second-order valence-corrected chi connectivity index (χ2v) is 5.55. The topological polar surface area (TPSA) is 113 Å². The van der Waals surface area contributed by atoms with Gasteiger partial charge in [-0.1, -0.05) is 12.1 Å². The minimum Gasteiger partial charge on any atom is -0.488 e. The molecule has 1 heterocycles. The summed E-state index contributed by atoms with van der Waals surface area (Å²) in [5.74, 6) is 0.578. The molecule has 0 aliphatic rings. The number of nitrogens with two attached hydrogens (primary N) is 2. The molecule has 1 aromatic carbocycles. The van der Waals surface area contributed by atoms with Crippen LogP contribution in [0.1, 0.15) is 42.1 Å². The van der Waals surface area contributed by atoms with Crippen molar-refractivity contribution in [2.45, 2.75) is 32.6 Å². The van der Waals surface area contributed by atoms with Crippen molar-refractivity contribution in [3.63, 3.8) is 0 Å². The number of carbonyl (C=O) groups excluding carboxylic acids is 1. The number of benzene rings is 1. The fourth-order valence-corrected chi connectivity index (χ4v) is 2.32. The van der Waals surface area contributed by atoms with Gasteiger partial charge in [-0.15, -0.1) is 0 Å². The molecule has 4 N–H and O–H groups in total. The second kappa shape index (κ2) is 9.46. The lowest BCUT2D eigenvalue weighted by Crippen LogP contribution is -2.05. The van der Waals surface area contributed by atoms with E-state index in [4.69, 9.17) is 20.9 Å². The van der Waals surface area contributed by atoms with E-state index in [1.807, 2.05) is 12.1 Å². The van der Waals surface area contributed by atoms with Gasteiger partial charge in [0, 0.05) is 0 Å². The van der Waals surface area contributed by atoms with Gasteiger partial charge < -0.3 is 20.9 Å². The Morgan fingerprint density at radius 2 is 1.88 bits per heavy atom. The molecule has 2 rings (SSSR count). The molecule has 0 spiro atoms. The summed E-state index contributed by atoms with van der Waals surface area (Å²) in [6.07, 6.45) is 5.41. The summed E-state index contributed by atoms with van der Waals surface area (Å²) >= 11 is 0. The number of nitrogens with zero attached hydrogens (tertiary/aromatic N) is 2. The van der Waals surface area contributed by atoms with Crippen molar-refractivity contribution in [3.8, 4) is 5.75 Å². The number of ether oxygens (including phenoxy) is 2. The Morgan fingerprint density at radius 1 is 1.12 bits per heavy atom. The van der Waals surface area contributed by atoms with Gasteiger partial charge >= 0.3 is 5.97 Å². The van der Waals surface area contributed by atoms with Crippen LogP contribution in [-0.4, -0.2) is 29.2 Å². The van der Waals surface area contributed by atoms with Crippen LogP contribution in [0.15, 0.2) is 30.5 Å². The zero-order chi connectivity index (χ0) is 18.1. The van der Waals surface area contributed by atoms with Crippen LogP contribution >= 0.6 is 0 Å². The highest BCUT2D eigenvalue weighted by Gasteiger charge is 2.06. The third-order valence-corrected chi connectivity index (χ3v) is 3.63. The molecule has 0 bridgehead atoms. The van der Waals surface area contributed by atoms with Gasteiger partial charge in [0.1, 0.15) is 0 Å². The van der Waals surface area contributed by atoms with E-state index < -0.39 is 0 Å². The normalized spacial score (nSPS) is 10.4. The molecule has 0 saturated carbocycles. The highest BCUT2D eigenvalue weighted by Crippen LogP contribution is 2.18. The molecule has 0 saturated heterocycles. The summed E-state index contributed by atoms with van der Waals surface area (Å²) in [6, 6.07) is 7.55. The fourth-order valence-electron chi connectivity index (χ4n) is 2.32.